The molecule has 3 N–H and O–H groups in total. The normalized spacial score (nSPS) is 14.4. The third-order valence-corrected chi connectivity index (χ3v) is 6.43. The number of nitrogen functional groups attached to an aromatic ring is 1. The number of aromatic nitrogens is 1. The number of rotatable bonds is 4. The lowest BCUT2D eigenvalue weighted by molar-refractivity contribution is 0.102. The second-order valence-corrected chi connectivity index (χ2v) is 9.29. The average molecular weight is 433 g/mol. The van der Waals surface area contributed by atoms with Gasteiger partial charge in [0.05, 0.1) is 5.69 Å². The fraction of sp³-hybridized carbons (Fsp3) is 0.333. The fourth-order valence-corrected chi connectivity index (χ4v) is 4.90. The molecule has 0 aliphatic heterocycles. The summed E-state index contributed by atoms with van der Waals surface area (Å²) in [6.07, 6.45) is 5.09. The lowest BCUT2D eigenvalue weighted by atomic mass is 10.1. The Morgan fingerprint density at radius 2 is 1.93 bits per heavy atom. The number of alkyl halides is 2. The van der Waals surface area contributed by atoms with Crippen LogP contribution < -0.4 is 11.1 Å². The average Bonchev–Trinajstić information content (AvgIpc) is 2.83. The number of nitrogens with zero attached hydrogens (tertiary/aromatic N) is 1. The molecule has 1 aromatic carbocycles. The number of amides is 1. The van der Waals surface area contributed by atoms with E-state index in [2.05, 4.69) is 11.4 Å². The first-order chi connectivity index (χ1) is 13.8. The van der Waals surface area contributed by atoms with Crippen LogP contribution in [-0.4, -0.2) is 16.6 Å². The van der Waals surface area contributed by atoms with E-state index in [1.807, 2.05) is 0 Å². The van der Waals surface area contributed by atoms with Gasteiger partial charge in [0.25, 0.3) is 11.6 Å². The van der Waals surface area contributed by atoms with Crippen LogP contribution in [0.4, 0.5) is 20.2 Å². The van der Waals surface area contributed by atoms with Gasteiger partial charge in [0, 0.05) is 23.2 Å². The zero-order valence-corrected chi connectivity index (χ0v) is 17.8. The largest absolute Gasteiger partial charge is 0.397 e. The van der Waals surface area contributed by atoms with Gasteiger partial charge in [0.15, 0.2) is 0 Å². The molecule has 1 amide bonds. The zero-order chi connectivity index (χ0) is 20.6. The van der Waals surface area contributed by atoms with Crippen LogP contribution in [0.5, 0.6) is 0 Å². The van der Waals surface area contributed by atoms with Gasteiger partial charge in [0.1, 0.15) is 9.71 Å². The maximum atomic E-state index is 13.1. The van der Waals surface area contributed by atoms with Crippen molar-refractivity contribution in [2.24, 2.45) is 0 Å². The molecule has 0 saturated carbocycles. The van der Waals surface area contributed by atoms with E-state index < -0.39 is 5.66 Å². The van der Waals surface area contributed by atoms with Crippen molar-refractivity contribution in [3.63, 3.8) is 0 Å². The van der Waals surface area contributed by atoms with Crippen LogP contribution in [0.3, 0.4) is 0 Å². The van der Waals surface area contributed by atoms with Gasteiger partial charge in [-0.25, -0.2) is 13.8 Å². The molecule has 1 unspecified atom stereocenters. The predicted molar refractivity (Wildman–Crippen MR) is 118 cm³/mol. The van der Waals surface area contributed by atoms with E-state index in [4.69, 9.17) is 10.7 Å². The first-order valence-electron chi connectivity index (χ1n) is 9.58. The quantitative estimate of drug-likeness (QED) is 0.427. The topological polar surface area (TPSA) is 68.0 Å². The summed E-state index contributed by atoms with van der Waals surface area (Å²) in [4.78, 5) is 18.7. The molecule has 0 fully saturated rings. The van der Waals surface area contributed by atoms with Crippen molar-refractivity contribution in [2.75, 3.05) is 11.1 Å². The molecule has 29 heavy (non-hydrogen) atoms. The number of nitrogens with two attached hydrogens (primary N) is 1. The second kappa shape index (κ2) is 7.96. The van der Waals surface area contributed by atoms with Gasteiger partial charge in [-0.2, -0.15) is 0 Å². The van der Waals surface area contributed by atoms with E-state index in [9.17, 15) is 13.6 Å². The molecule has 0 bridgehead atoms. The van der Waals surface area contributed by atoms with Gasteiger partial charge in [-0.15, -0.1) is 11.3 Å². The Morgan fingerprint density at radius 1 is 1.21 bits per heavy atom. The third kappa shape index (κ3) is 4.57. The number of carbonyl (C=O) groups is 1. The van der Waals surface area contributed by atoms with Crippen molar-refractivity contribution >= 4 is 48.1 Å². The summed E-state index contributed by atoms with van der Waals surface area (Å²) >= 11 is 1.29. The molecule has 152 valence electrons. The summed E-state index contributed by atoms with van der Waals surface area (Å²) in [6.45, 7) is 0. The minimum absolute atomic E-state index is 0.315. The molecule has 4 rings (SSSR count). The van der Waals surface area contributed by atoms with Gasteiger partial charge in [0.2, 0.25) is 0 Å². The molecule has 2 heterocycles. The fourth-order valence-electron chi connectivity index (χ4n) is 3.67. The maximum absolute atomic E-state index is 13.1. The monoisotopic (exact) mass is 433 g/mol. The molecule has 1 atom stereocenters. The van der Waals surface area contributed by atoms with Gasteiger partial charge >= 0.3 is 0 Å². The highest BCUT2D eigenvalue weighted by Gasteiger charge is 2.22. The molecule has 0 radical (unpaired) electrons. The van der Waals surface area contributed by atoms with Crippen molar-refractivity contribution in [2.45, 2.75) is 44.2 Å². The summed E-state index contributed by atoms with van der Waals surface area (Å²) in [7, 11) is 1.53. The smallest absolute Gasteiger partial charge is 0.267 e. The Labute approximate surface area is 174 Å². The van der Waals surface area contributed by atoms with Crippen LogP contribution in [0.2, 0.25) is 0 Å². The minimum atomic E-state index is -2.85. The van der Waals surface area contributed by atoms with Crippen molar-refractivity contribution in [3.8, 4) is 0 Å². The van der Waals surface area contributed by atoms with E-state index in [-0.39, 0.29) is 12.3 Å². The predicted octanol–water partition coefficient (Wildman–Crippen LogP) is 5.41. The Balaban J connectivity index is 1.56. The molecule has 0 saturated heterocycles. The SMILES string of the molecule is Nc1c(C(=O)Nc2ccc(CC(F)(F)P)cc2)sc2nc3c(cc12)CCCCC3. The van der Waals surface area contributed by atoms with Gasteiger partial charge in [-0.3, -0.25) is 4.79 Å². The van der Waals surface area contributed by atoms with Crippen LogP contribution in [-0.2, 0) is 19.3 Å². The molecule has 4 nitrogen and oxygen atoms in total. The van der Waals surface area contributed by atoms with Gasteiger partial charge < -0.3 is 11.1 Å². The lowest BCUT2D eigenvalue weighted by Crippen LogP contribution is -2.12. The molecule has 1 aliphatic carbocycles. The van der Waals surface area contributed by atoms with E-state index in [1.54, 1.807) is 24.3 Å². The van der Waals surface area contributed by atoms with Crippen molar-refractivity contribution in [3.05, 3.63) is 52.0 Å². The van der Waals surface area contributed by atoms with Crippen LogP contribution in [0, 0.1) is 0 Å². The Bertz CT molecular complexity index is 1060. The molecule has 0 spiro atoms. The molecular formula is C21H22F2N3OPS. The first-order valence-corrected chi connectivity index (χ1v) is 11.0. The highest BCUT2D eigenvalue weighted by Crippen LogP contribution is 2.35. The summed E-state index contributed by atoms with van der Waals surface area (Å²) in [5.74, 6) is -0.315. The summed E-state index contributed by atoms with van der Waals surface area (Å²) in [6, 6.07) is 8.49. The first kappa shape index (κ1) is 20.2. The number of thiophene rings is 1. The Hall–Kier alpha value is -2.11. The van der Waals surface area contributed by atoms with Crippen LogP contribution in [0.25, 0.3) is 10.2 Å². The van der Waals surface area contributed by atoms with Crippen molar-refractivity contribution in [1.29, 1.82) is 0 Å². The number of pyridine rings is 1. The second-order valence-electron chi connectivity index (χ2n) is 7.44. The van der Waals surface area contributed by atoms with Crippen molar-refractivity contribution < 1.29 is 13.6 Å². The summed E-state index contributed by atoms with van der Waals surface area (Å²) in [5.41, 5.74) is 7.26. The van der Waals surface area contributed by atoms with Crippen LogP contribution in [0.15, 0.2) is 30.3 Å². The molecule has 2 aromatic heterocycles. The summed E-state index contributed by atoms with van der Waals surface area (Å²) < 4.78 is 26.2. The highest BCUT2D eigenvalue weighted by molar-refractivity contribution is 7.21. The number of hydrogen-bond donors (Lipinski definition) is 2. The van der Waals surface area contributed by atoms with Gasteiger partial charge in [-0.1, -0.05) is 27.8 Å². The molecular weight excluding hydrogens is 411 g/mol. The molecule has 1 aliphatic rings. The van der Waals surface area contributed by atoms with E-state index in [0.717, 1.165) is 41.6 Å². The van der Waals surface area contributed by atoms with Crippen molar-refractivity contribution in [1.82, 2.24) is 4.98 Å². The van der Waals surface area contributed by atoms with Crippen LogP contribution in [0.1, 0.15) is 45.8 Å². The lowest BCUT2D eigenvalue weighted by Gasteiger charge is -2.10. The molecule has 8 heteroatoms. The Morgan fingerprint density at radius 3 is 2.66 bits per heavy atom. The van der Waals surface area contributed by atoms with Crippen LogP contribution >= 0.6 is 20.6 Å². The zero-order valence-electron chi connectivity index (χ0n) is 15.8. The number of aryl methyl sites for hydroxylation is 2. The Kier molecular flexibility index (Phi) is 5.54. The third-order valence-electron chi connectivity index (χ3n) is 5.11. The van der Waals surface area contributed by atoms with Gasteiger partial charge in [-0.05, 0) is 55.0 Å². The molecule has 3 aromatic rings. The number of nitrogens with one attached hydrogen (secondary N) is 1. The number of fused-ring (bicyclic) bond motifs is 2. The van der Waals surface area contributed by atoms with E-state index >= 15 is 0 Å². The standard InChI is InChI=1S/C21H22F2N3OPS/c22-21(23,28)11-12-6-8-14(9-7-12)25-19(27)18-17(24)15-10-13-4-2-1-3-5-16(13)26-20(15)29-18/h6-10H,1-5,11,24,28H2,(H,25,27). The number of anilines is 2. The number of halogens is 2. The minimum Gasteiger partial charge on any atom is -0.397 e. The van der Waals surface area contributed by atoms with E-state index in [1.165, 1.54) is 32.6 Å². The number of benzene rings is 1. The number of carbonyl (C=O) groups excluding carboxylic acids is 1. The van der Waals surface area contributed by atoms with E-state index in [0.29, 0.717) is 21.8 Å². The number of hydrogen-bond acceptors (Lipinski definition) is 4. The highest BCUT2D eigenvalue weighted by atomic mass is 32.1. The summed E-state index contributed by atoms with van der Waals surface area (Å²) in [5, 5.41) is 3.63. The maximum Gasteiger partial charge on any atom is 0.267 e.